The maximum atomic E-state index is 13.1. The van der Waals surface area contributed by atoms with E-state index in [9.17, 15) is 9.59 Å². The van der Waals surface area contributed by atoms with E-state index in [1.807, 2.05) is 30.0 Å². The molecule has 3 heterocycles. The van der Waals surface area contributed by atoms with Crippen molar-refractivity contribution in [2.24, 2.45) is 0 Å². The summed E-state index contributed by atoms with van der Waals surface area (Å²) in [7, 11) is 0. The number of nitrogens with zero attached hydrogens (tertiary/aromatic N) is 4. The Hall–Kier alpha value is -2.90. The molecule has 2 fully saturated rings. The Kier molecular flexibility index (Phi) is 4.55. The average molecular weight is 369 g/mol. The summed E-state index contributed by atoms with van der Waals surface area (Å²) in [5.41, 5.74) is 2.36. The molecule has 2 aromatic rings. The number of rotatable bonds is 3. The summed E-state index contributed by atoms with van der Waals surface area (Å²) in [5.74, 6) is 1.28. The molecule has 2 aliphatic rings. The number of carbonyl (C=O) groups excluding carboxylic acids is 2. The lowest BCUT2D eigenvalue weighted by Gasteiger charge is -2.31. The lowest BCUT2D eigenvalue weighted by molar-refractivity contribution is 0.0703. The lowest BCUT2D eigenvalue weighted by atomic mass is 9.96. The fraction of sp³-hybridized carbons (Fsp3) is 0.474. The molecule has 0 bridgehead atoms. The summed E-state index contributed by atoms with van der Waals surface area (Å²) < 4.78 is 5.09. The van der Waals surface area contributed by atoms with Crippen molar-refractivity contribution >= 4 is 17.6 Å². The van der Waals surface area contributed by atoms with Crippen LogP contribution in [0.1, 0.15) is 46.4 Å². The van der Waals surface area contributed by atoms with Crippen molar-refractivity contribution in [2.45, 2.75) is 32.6 Å². The van der Waals surface area contributed by atoms with E-state index in [1.54, 1.807) is 11.8 Å². The van der Waals surface area contributed by atoms with Crippen LogP contribution in [0.4, 0.5) is 10.5 Å². The molecular formula is C19H23N5O3. The third-order valence-corrected chi connectivity index (χ3v) is 5.22. The van der Waals surface area contributed by atoms with Gasteiger partial charge in [0.2, 0.25) is 5.89 Å². The summed E-state index contributed by atoms with van der Waals surface area (Å²) in [5, 5.41) is 6.82. The van der Waals surface area contributed by atoms with Crippen molar-refractivity contribution in [3.05, 3.63) is 41.0 Å². The molecular weight excluding hydrogens is 346 g/mol. The predicted octanol–water partition coefficient (Wildman–Crippen LogP) is 2.24. The number of nitrogens with one attached hydrogen (secondary N) is 1. The van der Waals surface area contributed by atoms with E-state index >= 15 is 0 Å². The van der Waals surface area contributed by atoms with E-state index < -0.39 is 0 Å². The number of hydrogen-bond acceptors (Lipinski definition) is 5. The molecule has 27 heavy (non-hydrogen) atoms. The van der Waals surface area contributed by atoms with Crippen LogP contribution in [0.25, 0.3) is 0 Å². The van der Waals surface area contributed by atoms with Gasteiger partial charge in [-0.1, -0.05) is 11.2 Å². The zero-order valence-corrected chi connectivity index (χ0v) is 15.6. The molecule has 0 aliphatic carbocycles. The van der Waals surface area contributed by atoms with Gasteiger partial charge in [-0.15, -0.1) is 0 Å². The minimum Gasteiger partial charge on any atom is -0.340 e. The van der Waals surface area contributed by atoms with E-state index in [2.05, 4.69) is 15.5 Å². The second-order valence-corrected chi connectivity index (χ2v) is 7.15. The smallest absolute Gasteiger partial charge is 0.322 e. The Balaban J connectivity index is 1.54. The van der Waals surface area contributed by atoms with Gasteiger partial charge in [-0.05, 0) is 37.5 Å². The minimum absolute atomic E-state index is 0.0271. The zero-order chi connectivity index (χ0) is 19.0. The highest BCUT2D eigenvalue weighted by atomic mass is 16.5. The Bertz CT molecular complexity index is 878. The number of aryl methyl sites for hydroxylation is 2. The van der Waals surface area contributed by atoms with Crippen LogP contribution in [0.3, 0.4) is 0 Å². The third-order valence-electron chi connectivity index (χ3n) is 5.22. The molecule has 4 rings (SSSR count). The second kappa shape index (κ2) is 7.02. The maximum absolute atomic E-state index is 13.1. The largest absolute Gasteiger partial charge is 0.340 e. The molecule has 2 saturated heterocycles. The summed E-state index contributed by atoms with van der Waals surface area (Å²) in [6.07, 6.45) is 1.84. The van der Waals surface area contributed by atoms with Gasteiger partial charge in [-0.25, -0.2) is 4.79 Å². The highest BCUT2D eigenvalue weighted by Gasteiger charge is 2.29. The standard InChI is InChI=1S/C19H23N5O3/c1-12-5-6-14(10-16(12)24-9-7-20-19(24)26)18(25)23-8-3-4-15(11-23)17-21-13(2)27-22-17/h5-6,10,15H,3-4,7-9,11H2,1-2H3,(H,20,26). The molecule has 1 atom stereocenters. The van der Waals surface area contributed by atoms with Crippen molar-refractivity contribution in [3.63, 3.8) is 0 Å². The molecule has 0 saturated carbocycles. The van der Waals surface area contributed by atoms with Crippen LogP contribution in [-0.4, -0.2) is 53.2 Å². The predicted molar refractivity (Wildman–Crippen MR) is 98.8 cm³/mol. The van der Waals surface area contributed by atoms with Crippen molar-refractivity contribution in [2.75, 3.05) is 31.1 Å². The number of amides is 3. The van der Waals surface area contributed by atoms with E-state index in [1.165, 1.54) is 0 Å². The fourth-order valence-corrected chi connectivity index (χ4v) is 3.77. The topological polar surface area (TPSA) is 91.6 Å². The number of likely N-dealkylation sites (tertiary alicyclic amines) is 1. The van der Waals surface area contributed by atoms with E-state index in [0.29, 0.717) is 43.5 Å². The number of benzene rings is 1. The number of urea groups is 1. The van der Waals surface area contributed by atoms with Crippen LogP contribution in [0.2, 0.25) is 0 Å². The van der Waals surface area contributed by atoms with Gasteiger partial charge in [0.05, 0.1) is 0 Å². The van der Waals surface area contributed by atoms with Crippen LogP contribution in [0, 0.1) is 13.8 Å². The van der Waals surface area contributed by atoms with Crippen LogP contribution < -0.4 is 10.2 Å². The molecule has 0 radical (unpaired) electrons. The summed E-state index contributed by atoms with van der Waals surface area (Å²) in [4.78, 5) is 32.9. The van der Waals surface area contributed by atoms with Gasteiger partial charge in [-0.2, -0.15) is 4.98 Å². The van der Waals surface area contributed by atoms with Crippen molar-refractivity contribution in [1.82, 2.24) is 20.4 Å². The molecule has 8 nitrogen and oxygen atoms in total. The Morgan fingerprint density at radius 1 is 1.30 bits per heavy atom. The van der Waals surface area contributed by atoms with Gasteiger partial charge in [0, 0.05) is 50.3 Å². The maximum Gasteiger partial charge on any atom is 0.322 e. The first-order valence-corrected chi connectivity index (χ1v) is 9.28. The SMILES string of the molecule is Cc1nc(C2CCCN(C(=O)c3ccc(C)c(N4CCNC4=O)c3)C2)no1. The van der Waals surface area contributed by atoms with E-state index in [4.69, 9.17) is 4.52 Å². The molecule has 142 valence electrons. The van der Waals surface area contributed by atoms with Crippen LogP contribution >= 0.6 is 0 Å². The van der Waals surface area contributed by atoms with Gasteiger partial charge in [0.15, 0.2) is 5.82 Å². The first-order chi connectivity index (χ1) is 13.0. The van der Waals surface area contributed by atoms with E-state index in [0.717, 1.165) is 24.1 Å². The second-order valence-electron chi connectivity index (χ2n) is 7.15. The molecule has 3 amide bonds. The molecule has 1 aromatic heterocycles. The lowest BCUT2D eigenvalue weighted by Crippen LogP contribution is -2.39. The number of anilines is 1. The van der Waals surface area contributed by atoms with Gasteiger partial charge in [0.25, 0.3) is 5.91 Å². The zero-order valence-electron chi connectivity index (χ0n) is 15.6. The van der Waals surface area contributed by atoms with Crippen LogP contribution in [0.15, 0.2) is 22.7 Å². The summed E-state index contributed by atoms with van der Waals surface area (Å²) in [6.45, 7) is 6.23. The van der Waals surface area contributed by atoms with Crippen molar-refractivity contribution in [1.29, 1.82) is 0 Å². The Morgan fingerprint density at radius 2 is 2.15 bits per heavy atom. The van der Waals surface area contributed by atoms with Gasteiger partial charge >= 0.3 is 6.03 Å². The van der Waals surface area contributed by atoms with Gasteiger partial charge in [0.1, 0.15) is 0 Å². The fourth-order valence-electron chi connectivity index (χ4n) is 3.77. The number of carbonyl (C=O) groups is 2. The molecule has 2 aliphatic heterocycles. The molecule has 0 spiro atoms. The molecule has 1 aromatic carbocycles. The summed E-state index contributed by atoms with van der Waals surface area (Å²) in [6, 6.07) is 5.44. The molecule has 8 heteroatoms. The van der Waals surface area contributed by atoms with Crippen molar-refractivity contribution in [3.8, 4) is 0 Å². The first-order valence-electron chi connectivity index (χ1n) is 9.28. The molecule has 1 unspecified atom stereocenters. The number of piperidine rings is 1. The number of aromatic nitrogens is 2. The monoisotopic (exact) mass is 369 g/mol. The Morgan fingerprint density at radius 3 is 2.85 bits per heavy atom. The average Bonchev–Trinajstić information content (AvgIpc) is 3.30. The van der Waals surface area contributed by atoms with Gasteiger partial charge < -0.3 is 14.7 Å². The quantitative estimate of drug-likeness (QED) is 0.896. The molecule has 1 N–H and O–H groups in total. The highest BCUT2D eigenvalue weighted by Crippen LogP contribution is 2.28. The third kappa shape index (κ3) is 3.39. The highest BCUT2D eigenvalue weighted by molar-refractivity contribution is 5.99. The van der Waals surface area contributed by atoms with Crippen molar-refractivity contribution < 1.29 is 14.1 Å². The summed E-state index contributed by atoms with van der Waals surface area (Å²) >= 11 is 0. The first kappa shape index (κ1) is 17.5. The van der Waals surface area contributed by atoms with Crippen LogP contribution in [-0.2, 0) is 0 Å². The van der Waals surface area contributed by atoms with E-state index in [-0.39, 0.29) is 17.9 Å². The Labute approximate surface area is 157 Å². The van der Waals surface area contributed by atoms with Crippen LogP contribution in [0.5, 0.6) is 0 Å². The normalized spacial score (nSPS) is 20.1. The van der Waals surface area contributed by atoms with Gasteiger partial charge in [-0.3, -0.25) is 9.69 Å². The minimum atomic E-state index is -0.117. The number of hydrogen-bond donors (Lipinski definition) is 1.